The summed E-state index contributed by atoms with van der Waals surface area (Å²) in [5.74, 6) is 0.563. The van der Waals surface area contributed by atoms with E-state index in [0.717, 1.165) is 24.1 Å². The number of nitrogens with zero attached hydrogens (tertiary/aromatic N) is 1. The molecule has 0 aliphatic carbocycles. The van der Waals surface area contributed by atoms with Crippen molar-refractivity contribution in [3.05, 3.63) is 64.7 Å². The van der Waals surface area contributed by atoms with Crippen molar-refractivity contribution in [2.45, 2.75) is 53.4 Å². The molecule has 3 aromatic rings. The first-order chi connectivity index (χ1) is 11.5. The fraction of sp³-hybridized carbons (Fsp3) is 0.348. The fourth-order valence-electron chi connectivity index (χ4n) is 3.58. The van der Waals surface area contributed by atoms with Crippen molar-refractivity contribution in [2.24, 2.45) is 0 Å². The van der Waals surface area contributed by atoms with Crippen LogP contribution in [-0.4, -0.2) is 4.98 Å². The van der Waals surface area contributed by atoms with Gasteiger partial charge in [0.1, 0.15) is 0 Å². The van der Waals surface area contributed by atoms with E-state index in [4.69, 9.17) is 4.98 Å². The molecule has 3 rings (SSSR count). The number of rotatable bonds is 4. The van der Waals surface area contributed by atoms with Crippen molar-refractivity contribution in [1.82, 2.24) is 4.98 Å². The Hall–Kier alpha value is -2.15. The van der Waals surface area contributed by atoms with Crippen molar-refractivity contribution < 1.29 is 0 Å². The second-order valence-corrected chi connectivity index (χ2v) is 6.95. The molecule has 0 aliphatic rings. The molecule has 0 bridgehead atoms. The van der Waals surface area contributed by atoms with Crippen LogP contribution in [0, 0.1) is 13.8 Å². The maximum atomic E-state index is 5.01. The highest BCUT2D eigenvalue weighted by molar-refractivity contribution is 5.88. The van der Waals surface area contributed by atoms with E-state index in [1.807, 2.05) is 0 Å². The molecule has 0 radical (unpaired) electrons. The summed E-state index contributed by atoms with van der Waals surface area (Å²) in [6, 6.07) is 15.6. The molecule has 2 aromatic carbocycles. The topological polar surface area (TPSA) is 12.9 Å². The van der Waals surface area contributed by atoms with E-state index >= 15 is 0 Å². The van der Waals surface area contributed by atoms with Crippen molar-refractivity contribution >= 4 is 10.9 Å². The third-order valence-corrected chi connectivity index (χ3v) is 4.99. The number of benzene rings is 2. The van der Waals surface area contributed by atoms with Crippen LogP contribution in [0.15, 0.2) is 42.5 Å². The second-order valence-electron chi connectivity index (χ2n) is 6.95. The average molecular weight is 317 g/mol. The zero-order valence-corrected chi connectivity index (χ0v) is 15.5. The van der Waals surface area contributed by atoms with Crippen LogP contribution in [0.25, 0.3) is 22.2 Å². The Balaban J connectivity index is 2.26. The van der Waals surface area contributed by atoms with Gasteiger partial charge in [0.25, 0.3) is 0 Å². The molecular weight excluding hydrogens is 290 g/mol. The van der Waals surface area contributed by atoms with Gasteiger partial charge in [-0.2, -0.15) is 0 Å². The summed E-state index contributed by atoms with van der Waals surface area (Å²) >= 11 is 0. The lowest BCUT2D eigenvalue weighted by molar-refractivity contribution is 0.739. The molecule has 1 nitrogen and oxygen atoms in total. The van der Waals surface area contributed by atoms with Crippen LogP contribution in [0.4, 0.5) is 0 Å². The molecule has 0 saturated heterocycles. The molecule has 1 atom stereocenters. The third-order valence-electron chi connectivity index (χ3n) is 4.99. The van der Waals surface area contributed by atoms with Gasteiger partial charge in [0.2, 0.25) is 0 Å². The SMILES string of the molecule is CCc1cc(-c2cc(C)cc(C)c2)nc2cccc(C(C)CC)c12. The zero-order valence-electron chi connectivity index (χ0n) is 15.5. The largest absolute Gasteiger partial charge is 0.248 e. The van der Waals surface area contributed by atoms with E-state index in [1.54, 1.807) is 0 Å². The smallest absolute Gasteiger partial charge is 0.0715 e. The molecule has 1 heteroatoms. The second kappa shape index (κ2) is 6.76. The van der Waals surface area contributed by atoms with Crippen molar-refractivity contribution in [3.8, 4) is 11.3 Å². The van der Waals surface area contributed by atoms with Gasteiger partial charge in [0.05, 0.1) is 11.2 Å². The predicted molar refractivity (Wildman–Crippen MR) is 105 cm³/mol. The van der Waals surface area contributed by atoms with E-state index in [2.05, 4.69) is 77.1 Å². The monoisotopic (exact) mass is 317 g/mol. The predicted octanol–water partition coefficient (Wildman–Crippen LogP) is 6.59. The fourth-order valence-corrected chi connectivity index (χ4v) is 3.58. The standard InChI is InChI=1S/C23H27N/c1-6-17(5)20-9-8-10-21-23(20)18(7-2)14-22(24-21)19-12-15(3)11-16(4)13-19/h8-14,17H,6-7H2,1-5H3. The minimum Gasteiger partial charge on any atom is -0.248 e. The van der Waals surface area contributed by atoms with Gasteiger partial charge in [0.15, 0.2) is 0 Å². The zero-order chi connectivity index (χ0) is 17.3. The van der Waals surface area contributed by atoms with Gasteiger partial charge in [-0.15, -0.1) is 0 Å². The molecule has 0 amide bonds. The third kappa shape index (κ3) is 3.08. The normalized spacial score (nSPS) is 12.5. The summed E-state index contributed by atoms with van der Waals surface area (Å²) in [5, 5.41) is 1.36. The quantitative estimate of drug-likeness (QED) is 0.528. The summed E-state index contributed by atoms with van der Waals surface area (Å²) in [7, 11) is 0. The van der Waals surface area contributed by atoms with E-state index < -0.39 is 0 Å². The van der Waals surface area contributed by atoms with E-state index in [0.29, 0.717) is 5.92 Å². The summed E-state index contributed by atoms with van der Waals surface area (Å²) in [6.07, 6.45) is 2.19. The first-order valence-corrected chi connectivity index (χ1v) is 9.04. The molecule has 0 aliphatic heterocycles. The van der Waals surface area contributed by atoms with Gasteiger partial charge in [-0.05, 0) is 68.0 Å². The number of hydrogen-bond acceptors (Lipinski definition) is 1. The van der Waals surface area contributed by atoms with Crippen LogP contribution in [0.3, 0.4) is 0 Å². The van der Waals surface area contributed by atoms with Crippen molar-refractivity contribution in [1.29, 1.82) is 0 Å². The highest BCUT2D eigenvalue weighted by Crippen LogP contribution is 2.32. The Morgan fingerprint density at radius 2 is 1.67 bits per heavy atom. The van der Waals surface area contributed by atoms with Gasteiger partial charge < -0.3 is 0 Å². The molecule has 0 fully saturated rings. The van der Waals surface area contributed by atoms with Crippen LogP contribution < -0.4 is 0 Å². The Kier molecular flexibility index (Phi) is 4.71. The molecule has 1 heterocycles. The van der Waals surface area contributed by atoms with Crippen LogP contribution in [-0.2, 0) is 6.42 Å². The van der Waals surface area contributed by atoms with Gasteiger partial charge in [-0.1, -0.05) is 50.1 Å². The van der Waals surface area contributed by atoms with Crippen molar-refractivity contribution in [2.75, 3.05) is 0 Å². The molecule has 0 saturated carbocycles. The van der Waals surface area contributed by atoms with Gasteiger partial charge in [-0.3, -0.25) is 0 Å². The number of fused-ring (bicyclic) bond motifs is 1. The molecular formula is C23H27N. The molecule has 24 heavy (non-hydrogen) atoms. The first-order valence-electron chi connectivity index (χ1n) is 9.04. The lowest BCUT2D eigenvalue weighted by atomic mass is 9.90. The molecule has 1 unspecified atom stereocenters. The van der Waals surface area contributed by atoms with E-state index in [-0.39, 0.29) is 0 Å². The summed E-state index contributed by atoms with van der Waals surface area (Å²) in [6.45, 7) is 11.1. The van der Waals surface area contributed by atoms with E-state index in [9.17, 15) is 0 Å². The Morgan fingerprint density at radius 1 is 0.958 bits per heavy atom. The van der Waals surface area contributed by atoms with Crippen LogP contribution in [0.1, 0.15) is 55.4 Å². The molecule has 0 spiro atoms. The number of hydrogen-bond donors (Lipinski definition) is 0. The molecule has 124 valence electrons. The highest BCUT2D eigenvalue weighted by Gasteiger charge is 2.13. The van der Waals surface area contributed by atoms with Gasteiger partial charge >= 0.3 is 0 Å². The average Bonchev–Trinajstić information content (AvgIpc) is 2.58. The minimum absolute atomic E-state index is 0.563. The Bertz CT molecular complexity index is 856. The first kappa shape index (κ1) is 16.7. The van der Waals surface area contributed by atoms with Crippen molar-refractivity contribution in [3.63, 3.8) is 0 Å². The van der Waals surface area contributed by atoms with E-state index in [1.165, 1.54) is 33.2 Å². The number of aryl methyl sites for hydroxylation is 3. The lowest BCUT2D eigenvalue weighted by Crippen LogP contribution is -1.99. The summed E-state index contributed by atoms with van der Waals surface area (Å²) in [4.78, 5) is 5.01. The lowest BCUT2D eigenvalue weighted by Gasteiger charge is -2.16. The maximum absolute atomic E-state index is 5.01. The molecule has 0 N–H and O–H groups in total. The van der Waals surface area contributed by atoms with Gasteiger partial charge in [-0.25, -0.2) is 4.98 Å². The number of aromatic nitrogens is 1. The van der Waals surface area contributed by atoms with Crippen LogP contribution in [0.5, 0.6) is 0 Å². The van der Waals surface area contributed by atoms with Crippen LogP contribution in [0.2, 0.25) is 0 Å². The summed E-state index contributed by atoms with van der Waals surface area (Å²) in [5.41, 5.74) is 8.86. The minimum atomic E-state index is 0.563. The Labute approximate surface area is 145 Å². The summed E-state index contributed by atoms with van der Waals surface area (Å²) < 4.78 is 0. The molecule has 1 aromatic heterocycles. The maximum Gasteiger partial charge on any atom is 0.0715 e. The van der Waals surface area contributed by atoms with Gasteiger partial charge in [0, 0.05) is 10.9 Å². The number of pyridine rings is 1. The van der Waals surface area contributed by atoms with Crippen LogP contribution >= 0.6 is 0 Å². The highest BCUT2D eigenvalue weighted by atomic mass is 14.7. The Morgan fingerprint density at radius 3 is 2.29 bits per heavy atom.